The molecule has 7 heteroatoms. The van der Waals surface area contributed by atoms with Crippen LogP contribution >= 0.6 is 0 Å². The van der Waals surface area contributed by atoms with Crippen molar-refractivity contribution in [3.05, 3.63) is 35.7 Å². The molecule has 0 bridgehead atoms. The van der Waals surface area contributed by atoms with Gasteiger partial charge in [-0.2, -0.15) is 4.98 Å². The van der Waals surface area contributed by atoms with Crippen LogP contribution in [0.3, 0.4) is 0 Å². The normalized spacial score (nSPS) is 10.8. The smallest absolute Gasteiger partial charge is 0.339 e. The first kappa shape index (κ1) is 14.0. The van der Waals surface area contributed by atoms with E-state index in [0.29, 0.717) is 17.6 Å². The highest BCUT2D eigenvalue weighted by molar-refractivity contribution is 5.90. The van der Waals surface area contributed by atoms with Crippen LogP contribution in [0.5, 0.6) is 5.75 Å². The first-order valence-electron chi connectivity index (χ1n) is 6.18. The molecule has 20 heavy (non-hydrogen) atoms. The van der Waals surface area contributed by atoms with Crippen LogP contribution in [-0.2, 0) is 13.0 Å². The molecule has 0 aliphatic heterocycles. The van der Waals surface area contributed by atoms with Crippen molar-refractivity contribution < 1.29 is 19.2 Å². The van der Waals surface area contributed by atoms with Gasteiger partial charge in [0.25, 0.3) is 5.89 Å². The van der Waals surface area contributed by atoms with E-state index in [1.165, 1.54) is 18.5 Å². The van der Waals surface area contributed by atoms with Gasteiger partial charge in [-0.1, -0.05) is 19.0 Å². The van der Waals surface area contributed by atoms with Crippen LogP contribution in [0.25, 0.3) is 0 Å². The Morgan fingerprint density at radius 2 is 2.30 bits per heavy atom. The molecule has 0 spiro atoms. The minimum absolute atomic E-state index is 0.0110. The topological polar surface area (TPSA) is 98.3 Å². The number of carboxylic acids is 1. The standard InChI is InChI=1S/C13H15N3O4/c1-8(2)5-11-15-12(20-16-11)7-19-10-6-14-4-3-9(10)13(17)18/h3-4,6,8H,5,7H2,1-2H3,(H,17,18). The molecule has 0 aromatic carbocycles. The average molecular weight is 277 g/mol. The predicted molar refractivity (Wildman–Crippen MR) is 68.4 cm³/mol. The lowest BCUT2D eigenvalue weighted by Gasteiger charge is -2.05. The number of carboxylic acid groups (broad SMARTS) is 1. The number of nitrogens with zero attached hydrogens (tertiary/aromatic N) is 3. The van der Waals surface area contributed by atoms with Gasteiger partial charge in [0.15, 0.2) is 18.2 Å². The van der Waals surface area contributed by atoms with Gasteiger partial charge in [0, 0.05) is 12.6 Å². The molecule has 0 fully saturated rings. The number of hydrogen-bond donors (Lipinski definition) is 1. The van der Waals surface area contributed by atoms with E-state index in [2.05, 4.69) is 29.0 Å². The van der Waals surface area contributed by atoms with Crippen molar-refractivity contribution in [2.75, 3.05) is 0 Å². The second kappa shape index (κ2) is 6.14. The summed E-state index contributed by atoms with van der Waals surface area (Å²) in [4.78, 5) is 19.0. The summed E-state index contributed by atoms with van der Waals surface area (Å²) in [6, 6.07) is 1.37. The van der Waals surface area contributed by atoms with Crippen LogP contribution in [0.2, 0.25) is 0 Å². The van der Waals surface area contributed by atoms with E-state index in [1.54, 1.807) is 0 Å². The van der Waals surface area contributed by atoms with Crippen LogP contribution in [-0.4, -0.2) is 26.2 Å². The Morgan fingerprint density at radius 3 is 3.00 bits per heavy atom. The first-order chi connectivity index (χ1) is 9.56. The molecule has 2 heterocycles. The summed E-state index contributed by atoms with van der Waals surface area (Å²) in [5.74, 6) is 0.444. The summed E-state index contributed by atoms with van der Waals surface area (Å²) in [6.45, 7) is 4.12. The van der Waals surface area contributed by atoms with Crippen LogP contribution in [0.4, 0.5) is 0 Å². The Hall–Kier alpha value is -2.44. The molecule has 0 atom stereocenters. The lowest BCUT2D eigenvalue weighted by Crippen LogP contribution is -2.04. The highest BCUT2D eigenvalue weighted by Gasteiger charge is 2.13. The Bertz CT molecular complexity index is 595. The lowest BCUT2D eigenvalue weighted by atomic mass is 10.1. The molecule has 0 unspecified atom stereocenters. The van der Waals surface area contributed by atoms with Gasteiger partial charge < -0.3 is 14.4 Å². The number of hydrogen-bond acceptors (Lipinski definition) is 6. The second-order valence-electron chi connectivity index (χ2n) is 4.67. The largest absolute Gasteiger partial charge is 0.481 e. The highest BCUT2D eigenvalue weighted by atomic mass is 16.5. The van der Waals surface area contributed by atoms with Gasteiger partial charge in [-0.3, -0.25) is 4.98 Å². The fourth-order valence-corrected chi connectivity index (χ4v) is 1.61. The Kier molecular flexibility index (Phi) is 4.29. The molecule has 106 valence electrons. The van der Waals surface area contributed by atoms with Gasteiger partial charge in [-0.15, -0.1) is 0 Å². The summed E-state index contributed by atoms with van der Waals surface area (Å²) < 4.78 is 10.4. The SMILES string of the molecule is CC(C)Cc1noc(COc2cnccc2C(=O)O)n1. The first-order valence-corrected chi connectivity index (χ1v) is 6.18. The molecular weight excluding hydrogens is 262 g/mol. The number of aromatic nitrogens is 3. The third-order valence-electron chi connectivity index (χ3n) is 2.47. The Labute approximate surface area is 115 Å². The molecular formula is C13H15N3O4. The maximum Gasteiger partial charge on any atom is 0.339 e. The molecule has 7 nitrogen and oxygen atoms in total. The van der Waals surface area contributed by atoms with Gasteiger partial charge in [-0.25, -0.2) is 4.79 Å². The summed E-state index contributed by atoms with van der Waals surface area (Å²) in [6.07, 6.45) is 3.45. The summed E-state index contributed by atoms with van der Waals surface area (Å²) in [7, 11) is 0. The van der Waals surface area contributed by atoms with Crippen molar-refractivity contribution >= 4 is 5.97 Å². The third-order valence-corrected chi connectivity index (χ3v) is 2.47. The molecule has 2 aromatic heterocycles. The van der Waals surface area contributed by atoms with Gasteiger partial charge >= 0.3 is 5.97 Å². The maximum absolute atomic E-state index is 11.0. The van der Waals surface area contributed by atoms with E-state index in [9.17, 15) is 4.79 Å². The monoisotopic (exact) mass is 277 g/mol. The fraction of sp³-hybridized carbons (Fsp3) is 0.385. The number of rotatable bonds is 6. The van der Waals surface area contributed by atoms with E-state index in [1.807, 2.05) is 0 Å². The van der Waals surface area contributed by atoms with Gasteiger partial charge in [-0.05, 0) is 12.0 Å². The van der Waals surface area contributed by atoms with Crippen LogP contribution in [0, 0.1) is 5.92 Å². The van der Waals surface area contributed by atoms with Crippen molar-refractivity contribution in [1.82, 2.24) is 15.1 Å². The molecule has 0 radical (unpaired) electrons. The number of carbonyl (C=O) groups is 1. The van der Waals surface area contributed by atoms with E-state index in [4.69, 9.17) is 14.4 Å². The van der Waals surface area contributed by atoms with Crippen molar-refractivity contribution in [3.63, 3.8) is 0 Å². The second-order valence-corrected chi connectivity index (χ2v) is 4.67. The maximum atomic E-state index is 11.0. The zero-order valence-corrected chi connectivity index (χ0v) is 11.2. The van der Waals surface area contributed by atoms with Crippen molar-refractivity contribution in [1.29, 1.82) is 0 Å². The van der Waals surface area contributed by atoms with E-state index in [0.717, 1.165) is 6.42 Å². The van der Waals surface area contributed by atoms with Crippen LogP contribution < -0.4 is 4.74 Å². The zero-order chi connectivity index (χ0) is 14.5. The fourth-order valence-electron chi connectivity index (χ4n) is 1.61. The molecule has 0 saturated carbocycles. The summed E-state index contributed by atoms with van der Waals surface area (Å²) >= 11 is 0. The van der Waals surface area contributed by atoms with Gasteiger partial charge in [0.05, 0.1) is 6.20 Å². The van der Waals surface area contributed by atoms with Gasteiger partial charge in [0.2, 0.25) is 0 Å². The summed E-state index contributed by atoms with van der Waals surface area (Å²) in [5, 5.41) is 12.8. The molecule has 0 aliphatic carbocycles. The molecule has 2 aromatic rings. The van der Waals surface area contributed by atoms with E-state index in [-0.39, 0.29) is 17.9 Å². The minimum Gasteiger partial charge on any atom is -0.481 e. The molecule has 2 rings (SSSR count). The Morgan fingerprint density at radius 1 is 1.50 bits per heavy atom. The molecule has 0 amide bonds. The van der Waals surface area contributed by atoms with Crippen molar-refractivity contribution in [2.45, 2.75) is 26.9 Å². The average Bonchev–Trinajstić information content (AvgIpc) is 2.83. The molecule has 1 N–H and O–H groups in total. The quantitative estimate of drug-likeness (QED) is 0.861. The summed E-state index contributed by atoms with van der Waals surface area (Å²) in [5.41, 5.74) is 0.0434. The van der Waals surface area contributed by atoms with Gasteiger partial charge in [0.1, 0.15) is 5.56 Å². The van der Waals surface area contributed by atoms with E-state index < -0.39 is 5.97 Å². The van der Waals surface area contributed by atoms with Crippen molar-refractivity contribution in [2.24, 2.45) is 5.92 Å². The van der Waals surface area contributed by atoms with Crippen LogP contribution in [0.15, 0.2) is 23.0 Å². The predicted octanol–water partition coefficient (Wildman–Crippen LogP) is 1.94. The lowest BCUT2D eigenvalue weighted by molar-refractivity contribution is 0.0690. The molecule has 0 aliphatic rings. The number of ether oxygens (including phenoxy) is 1. The zero-order valence-electron chi connectivity index (χ0n) is 11.2. The number of pyridine rings is 1. The third kappa shape index (κ3) is 3.53. The van der Waals surface area contributed by atoms with Crippen molar-refractivity contribution in [3.8, 4) is 5.75 Å². The van der Waals surface area contributed by atoms with Crippen LogP contribution in [0.1, 0.15) is 35.9 Å². The Balaban J connectivity index is 2.02. The highest BCUT2D eigenvalue weighted by Crippen LogP contribution is 2.17. The minimum atomic E-state index is -1.08. The van der Waals surface area contributed by atoms with E-state index >= 15 is 0 Å². The number of aromatic carboxylic acids is 1. The molecule has 0 saturated heterocycles.